The van der Waals surface area contributed by atoms with Crippen molar-refractivity contribution >= 4 is 16.3 Å². The fourth-order valence-electron chi connectivity index (χ4n) is 12.0. The van der Waals surface area contributed by atoms with E-state index in [1.807, 2.05) is 13.8 Å². The van der Waals surface area contributed by atoms with Crippen LogP contribution >= 0.6 is 0 Å². The Balaban J connectivity index is 0.000000133. The second-order valence-electron chi connectivity index (χ2n) is 22.2. The third-order valence-electron chi connectivity index (χ3n) is 16.4. The summed E-state index contributed by atoms with van der Waals surface area (Å²) in [6.07, 6.45) is 8.19. The maximum atomic E-state index is 2.42. The van der Waals surface area contributed by atoms with Gasteiger partial charge in [0.25, 0.3) is 0 Å². The van der Waals surface area contributed by atoms with Gasteiger partial charge >= 0.3 is 0 Å². The first kappa shape index (κ1) is 52.4. The van der Waals surface area contributed by atoms with Crippen molar-refractivity contribution in [2.45, 2.75) is 92.4 Å². The summed E-state index contributed by atoms with van der Waals surface area (Å²) in [7, 11) is 0. The maximum Gasteiger partial charge on any atom is 0.0159 e. The van der Waals surface area contributed by atoms with E-state index in [4.69, 9.17) is 0 Å². The molecule has 13 rings (SSSR count). The zero-order valence-corrected chi connectivity index (χ0v) is 46.8. The molecule has 0 spiro atoms. The molecule has 0 bridgehead atoms. The Morgan fingerprint density at radius 2 is 0.792 bits per heavy atom. The number of allylic oxidation sites excluding steroid dienone is 4. The van der Waals surface area contributed by atoms with E-state index in [2.05, 4.69) is 291 Å². The number of aryl methyl sites for hydroxylation is 2. The molecule has 382 valence electrons. The molecular weight excluding hydrogens is 925 g/mol. The number of hydrogen-bond acceptors (Lipinski definition) is 0. The van der Waals surface area contributed by atoms with E-state index in [1.165, 1.54) is 135 Å². The van der Waals surface area contributed by atoms with Crippen LogP contribution in [0.2, 0.25) is 0 Å². The first-order valence-corrected chi connectivity index (χ1v) is 28.1. The molecule has 0 N–H and O–H groups in total. The Bertz CT molecular complexity index is 3710. The van der Waals surface area contributed by atoms with E-state index in [-0.39, 0.29) is 10.8 Å². The molecule has 0 aromatic heterocycles. The highest BCUT2D eigenvalue weighted by atomic mass is 14.5. The normalized spacial score (nSPS) is 14.8. The van der Waals surface area contributed by atoms with E-state index in [0.29, 0.717) is 5.92 Å². The summed E-state index contributed by atoms with van der Waals surface area (Å²) >= 11 is 0. The van der Waals surface area contributed by atoms with Crippen LogP contribution < -0.4 is 0 Å². The number of fused-ring (bicyclic) bond motifs is 7. The van der Waals surface area contributed by atoms with Crippen LogP contribution in [0.5, 0.6) is 0 Å². The minimum Gasteiger partial charge on any atom is -0.0727 e. The van der Waals surface area contributed by atoms with Gasteiger partial charge in [-0.15, -0.1) is 0 Å². The van der Waals surface area contributed by atoms with Crippen LogP contribution in [0.3, 0.4) is 0 Å². The summed E-state index contributed by atoms with van der Waals surface area (Å²) in [5.74, 6) is 0.624. The maximum absolute atomic E-state index is 2.42. The summed E-state index contributed by atoms with van der Waals surface area (Å²) in [4.78, 5) is 0. The highest BCUT2D eigenvalue weighted by Crippen LogP contribution is 2.54. The van der Waals surface area contributed by atoms with Crippen molar-refractivity contribution in [1.29, 1.82) is 0 Å². The molecule has 1 unspecified atom stereocenters. The molecule has 77 heavy (non-hydrogen) atoms. The van der Waals surface area contributed by atoms with Crippen molar-refractivity contribution in [2.75, 3.05) is 0 Å². The molecule has 0 saturated heterocycles. The topological polar surface area (TPSA) is 0 Å². The van der Waals surface area contributed by atoms with Gasteiger partial charge in [0.2, 0.25) is 0 Å². The van der Waals surface area contributed by atoms with Gasteiger partial charge in [0.15, 0.2) is 0 Å². The Labute approximate surface area is 460 Å². The van der Waals surface area contributed by atoms with E-state index in [1.54, 1.807) is 0 Å². The Morgan fingerprint density at radius 3 is 1.36 bits per heavy atom. The van der Waals surface area contributed by atoms with Gasteiger partial charge in [0.1, 0.15) is 0 Å². The van der Waals surface area contributed by atoms with Crippen LogP contribution in [0, 0.1) is 12.8 Å². The minimum absolute atomic E-state index is 0.0255. The molecule has 0 amide bonds. The number of benzene rings is 10. The molecule has 0 nitrogen and oxygen atoms in total. The minimum atomic E-state index is 0.0255. The zero-order chi connectivity index (χ0) is 53.7. The SMILES string of the molecule is CC.CC1=CC=C2c3ccc(-c4ccccc4)cc3C(C)(C)C2C1.CCCc1ccc(-c2ccc(-c3ccccc3)cc2)cc1.Cc1ccc2c(c1)C(C)(C)c1cc(-c3ccc(-c4ccc5ccccc5c4)cc3)ccc1-2. The smallest absolute Gasteiger partial charge is 0.0159 e. The Hall–Kier alpha value is -8.06. The summed E-state index contributed by atoms with van der Waals surface area (Å²) in [5, 5.41) is 2.56. The van der Waals surface area contributed by atoms with Crippen LogP contribution in [-0.4, -0.2) is 0 Å². The highest BCUT2D eigenvalue weighted by Gasteiger charge is 2.43. The number of rotatable bonds is 7. The van der Waals surface area contributed by atoms with Gasteiger partial charge < -0.3 is 0 Å². The van der Waals surface area contributed by atoms with E-state index in [9.17, 15) is 0 Å². The van der Waals surface area contributed by atoms with Crippen LogP contribution in [0.15, 0.2) is 248 Å². The van der Waals surface area contributed by atoms with Gasteiger partial charge in [-0.25, -0.2) is 0 Å². The van der Waals surface area contributed by atoms with Crippen LogP contribution in [0.1, 0.15) is 102 Å². The molecule has 0 heteroatoms. The lowest BCUT2D eigenvalue weighted by molar-refractivity contribution is 0.408. The van der Waals surface area contributed by atoms with Gasteiger partial charge in [0.05, 0.1) is 0 Å². The van der Waals surface area contributed by atoms with Crippen molar-refractivity contribution in [3.8, 4) is 66.8 Å². The molecule has 10 aromatic carbocycles. The van der Waals surface area contributed by atoms with Gasteiger partial charge in [-0.05, 0) is 167 Å². The molecule has 3 aliphatic rings. The van der Waals surface area contributed by atoms with Gasteiger partial charge in [-0.2, -0.15) is 0 Å². The highest BCUT2D eigenvalue weighted by molar-refractivity contribution is 5.88. The monoisotopic (exact) mass is 999 g/mol. The second-order valence-corrected chi connectivity index (χ2v) is 22.2. The Morgan fingerprint density at radius 1 is 0.377 bits per heavy atom. The lowest BCUT2D eigenvalue weighted by Crippen LogP contribution is -2.24. The Kier molecular flexibility index (Phi) is 15.4. The molecule has 0 aliphatic heterocycles. The number of hydrogen-bond donors (Lipinski definition) is 0. The largest absolute Gasteiger partial charge is 0.0727 e. The van der Waals surface area contributed by atoms with Crippen LogP contribution in [0.25, 0.3) is 83.1 Å². The molecule has 0 radical (unpaired) electrons. The molecule has 0 heterocycles. The first-order chi connectivity index (χ1) is 37.4. The van der Waals surface area contributed by atoms with Gasteiger partial charge in [-0.3, -0.25) is 0 Å². The first-order valence-electron chi connectivity index (χ1n) is 28.1. The quantitative estimate of drug-likeness (QED) is 0.149. The van der Waals surface area contributed by atoms with Crippen LogP contribution in [-0.2, 0) is 17.3 Å². The molecule has 3 aliphatic carbocycles. The van der Waals surface area contributed by atoms with E-state index in [0.717, 1.165) is 6.42 Å². The average Bonchev–Trinajstić information content (AvgIpc) is 4.11. The molecular formula is C77H74. The van der Waals surface area contributed by atoms with Crippen LogP contribution in [0.4, 0.5) is 0 Å². The van der Waals surface area contributed by atoms with Crippen molar-refractivity contribution in [3.63, 3.8) is 0 Å². The molecule has 1 atom stereocenters. The predicted molar refractivity (Wildman–Crippen MR) is 335 cm³/mol. The average molecular weight is 999 g/mol. The van der Waals surface area contributed by atoms with Crippen molar-refractivity contribution < 1.29 is 0 Å². The summed E-state index contributed by atoms with van der Waals surface area (Å²) < 4.78 is 0. The lowest BCUT2D eigenvalue weighted by atomic mass is 9.73. The van der Waals surface area contributed by atoms with Crippen molar-refractivity contribution in [2.24, 2.45) is 5.92 Å². The van der Waals surface area contributed by atoms with Crippen molar-refractivity contribution in [3.05, 3.63) is 282 Å². The van der Waals surface area contributed by atoms with Gasteiger partial charge in [0, 0.05) is 5.41 Å². The summed E-state index contributed by atoms with van der Waals surface area (Å²) in [6, 6.07) is 84.1. The van der Waals surface area contributed by atoms with Crippen molar-refractivity contribution in [1.82, 2.24) is 0 Å². The molecule has 10 aromatic rings. The summed E-state index contributed by atoms with van der Waals surface area (Å²) in [6.45, 7) is 20.2. The van der Waals surface area contributed by atoms with Gasteiger partial charge in [-0.1, -0.05) is 290 Å². The predicted octanol–water partition coefficient (Wildman–Crippen LogP) is 21.8. The second kappa shape index (κ2) is 22.6. The standard InChI is InChI=1S/C32H26.C22H22.C21H20.C2H6/c1-21-8-16-28-29-17-15-27(20-31(29)32(2,3)30(28)18-21)24-11-9-23(10-12-24)26-14-13-22-6-4-5-7-25(22)19-26;1-15-9-11-18-19-12-10-17(16-7-5-4-6-8-16)14-21(19)22(2,3)20(18)13-15;1-2-6-17-9-11-19(12-10-17)21-15-13-20(14-16-21)18-7-4-3-5-8-18;1-2/h4-20H,1-3H3;4-12,14,20H,13H2,1-3H3;3-5,7-16H,2,6H2,1H3;1-2H3. The lowest BCUT2D eigenvalue weighted by Gasteiger charge is -2.30. The third kappa shape index (κ3) is 10.9. The zero-order valence-electron chi connectivity index (χ0n) is 46.8. The van der Waals surface area contributed by atoms with E-state index < -0.39 is 0 Å². The van der Waals surface area contributed by atoms with E-state index >= 15 is 0 Å². The molecule has 0 fully saturated rings. The third-order valence-corrected chi connectivity index (χ3v) is 16.4. The molecule has 0 saturated carbocycles. The summed E-state index contributed by atoms with van der Waals surface area (Å²) in [5.41, 5.74) is 27.4. The fourth-order valence-corrected chi connectivity index (χ4v) is 12.0. The fraction of sp³-hybridized carbons (Fsp3) is 0.195.